The SMILES string of the molecule is CCC(CC)N(C)c1c(F)cccc1CNC(C)(C)C. The number of rotatable bonds is 6. The molecule has 1 N–H and O–H groups in total. The minimum atomic E-state index is -0.132. The monoisotopic (exact) mass is 280 g/mol. The van der Waals surface area contributed by atoms with E-state index in [2.05, 4.69) is 44.8 Å². The van der Waals surface area contributed by atoms with Crippen LogP contribution in [0, 0.1) is 5.82 Å². The summed E-state index contributed by atoms with van der Waals surface area (Å²) < 4.78 is 14.3. The van der Waals surface area contributed by atoms with Gasteiger partial charge in [-0.15, -0.1) is 0 Å². The number of halogens is 1. The van der Waals surface area contributed by atoms with E-state index in [1.807, 2.05) is 13.1 Å². The summed E-state index contributed by atoms with van der Waals surface area (Å²) in [6, 6.07) is 5.73. The highest BCUT2D eigenvalue weighted by Gasteiger charge is 2.19. The molecule has 0 spiro atoms. The van der Waals surface area contributed by atoms with Crippen molar-refractivity contribution in [3.8, 4) is 0 Å². The van der Waals surface area contributed by atoms with Crippen molar-refractivity contribution < 1.29 is 4.39 Å². The number of hydrogen-bond donors (Lipinski definition) is 1. The Hall–Kier alpha value is -1.09. The average molecular weight is 280 g/mol. The maximum atomic E-state index is 14.3. The predicted molar refractivity (Wildman–Crippen MR) is 85.8 cm³/mol. The number of para-hydroxylation sites is 1. The van der Waals surface area contributed by atoms with E-state index in [-0.39, 0.29) is 11.4 Å². The van der Waals surface area contributed by atoms with Gasteiger partial charge in [0.2, 0.25) is 0 Å². The molecule has 2 nitrogen and oxygen atoms in total. The van der Waals surface area contributed by atoms with Crippen LogP contribution in [0.3, 0.4) is 0 Å². The maximum Gasteiger partial charge on any atom is 0.146 e. The molecule has 0 radical (unpaired) electrons. The molecule has 0 atom stereocenters. The Morgan fingerprint density at radius 1 is 1.20 bits per heavy atom. The molecule has 0 saturated carbocycles. The second-order valence-electron chi connectivity index (χ2n) is 6.43. The smallest absolute Gasteiger partial charge is 0.146 e. The molecule has 0 aliphatic heterocycles. The Kier molecular flexibility index (Phi) is 6.00. The molecule has 0 saturated heterocycles. The van der Waals surface area contributed by atoms with Crippen molar-refractivity contribution in [2.75, 3.05) is 11.9 Å². The Labute approximate surface area is 123 Å². The van der Waals surface area contributed by atoms with Gasteiger partial charge >= 0.3 is 0 Å². The zero-order valence-electron chi connectivity index (χ0n) is 13.8. The van der Waals surface area contributed by atoms with Gasteiger partial charge in [-0.1, -0.05) is 26.0 Å². The lowest BCUT2D eigenvalue weighted by Gasteiger charge is -2.31. The van der Waals surface area contributed by atoms with Gasteiger partial charge in [0.05, 0.1) is 5.69 Å². The third-order valence-electron chi connectivity index (χ3n) is 3.72. The largest absolute Gasteiger partial charge is 0.369 e. The summed E-state index contributed by atoms with van der Waals surface area (Å²) in [5, 5.41) is 3.44. The first-order valence-corrected chi connectivity index (χ1v) is 7.55. The van der Waals surface area contributed by atoms with E-state index in [1.165, 1.54) is 0 Å². The van der Waals surface area contributed by atoms with Crippen molar-refractivity contribution in [3.05, 3.63) is 29.6 Å². The topological polar surface area (TPSA) is 15.3 Å². The Balaban J connectivity index is 3.04. The summed E-state index contributed by atoms with van der Waals surface area (Å²) in [5.74, 6) is -0.132. The zero-order valence-corrected chi connectivity index (χ0v) is 13.8. The van der Waals surface area contributed by atoms with Gasteiger partial charge < -0.3 is 10.2 Å². The molecule has 0 amide bonds. The van der Waals surface area contributed by atoms with E-state index in [0.29, 0.717) is 12.6 Å². The molecule has 0 fully saturated rings. The van der Waals surface area contributed by atoms with Crippen LogP contribution in [-0.2, 0) is 6.54 Å². The van der Waals surface area contributed by atoms with E-state index in [4.69, 9.17) is 0 Å². The Bertz CT molecular complexity index is 419. The van der Waals surface area contributed by atoms with Crippen molar-refractivity contribution in [2.24, 2.45) is 0 Å². The van der Waals surface area contributed by atoms with Gasteiger partial charge in [-0.3, -0.25) is 0 Å². The summed E-state index contributed by atoms with van der Waals surface area (Å²) >= 11 is 0. The van der Waals surface area contributed by atoms with Crippen LogP contribution in [0.4, 0.5) is 10.1 Å². The minimum absolute atomic E-state index is 0.0249. The Morgan fingerprint density at radius 3 is 2.30 bits per heavy atom. The van der Waals surface area contributed by atoms with Crippen molar-refractivity contribution in [1.29, 1.82) is 0 Å². The highest BCUT2D eigenvalue weighted by Crippen LogP contribution is 2.27. The quantitative estimate of drug-likeness (QED) is 0.834. The number of anilines is 1. The van der Waals surface area contributed by atoms with Gasteiger partial charge in [-0.2, -0.15) is 0 Å². The van der Waals surface area contributed by atoms with Gasteiger partial charge in [0.25, 0.3) is 0 Å². The van der Waals surface area contributed by atoms with Crippen molar-refractivity contribution in [3.63, 3.8) is 0 Å². The van der Waals surface area contributed by atoms with Crippen molar-refractivity contribution in [2.45, 2.75) is 65.6 Å². The minimum Gasteiger partial charge on any atom is -0.369 e. The normalized spacial score (nSPS) is 12.0. The molecule has 0 aromatic heterocycles. The van der Waals surface area contributed by atoms with Gasteiger partial charge in [-0.25, -0.2) is 4.39 Å². The van der Waals surface area contributed by atoms with E-state index in [0.717, 1.165) is 24.1 Å². The molecule has 0 aliphatic rings. The predicted octanol–water partition coefficient (Wildman–Crippen LogP) is 4.34. The second kappa shape index (κ2) is 7.07. The van der Waals surface area contributed by atoms with Gasteiger partial charge in [0.1, 0.15) is 5.82 Å². The molecule has 0 aliphatic carbocycles. The van der Waals surface area contributed by atoms with Crippen LogP contribution in [0.5, 0.6) is 0 Å². The summed E-state index contributed by atoms with van der Waals surface area (Å²) in [6.07, 6.45) is 2.04. The van der Waals surface area contributed by atoms with Crippen LogP contribution in [0.2, 0.25) is 0 Å². The second-order valence-corrected chi connectivity index (χ2v) is 6.43. The number of nitrogens with zero attached hydrogens (tertiary/aromatic N) is 1. The van der Waals surface area contributed by atoms with E-state index in [9.17, 15) is 4.39 Å². The average Bonchev–Trinajstić information content (AvgIpc) is 2.36. The summed E-state index contributed by atoms with van der Waals surface area (Å²) in [4.78, 5) is 2.09. The van der Waals surface area contributed by atoms with Crippen molar-refractivity contribution in [1.82, 2.24) is 5.32 Å². The molecule has 0 bridgehead atoms. The molecule has 3 heteroatoms. The Morgan fingerprint density at radius 2 is 1.80 bits per heavy atom. The molecular weight excluding hydrogens is 251 g/mol. The molecular formula is C17H29FN2. The lowest BCUT2D eigenvalue weighted by Crippen LogP contribution is -2.37. The number of benzene rings is 1. The first-order valence-electron chi connectivity index (χ1n) is 7.55. The molecule has 20 heavy (non-hydrogen) atoms. The third-order valence-corrected chi connectivity index (χ3v) is 3.72. The molecule has 114 valence electrons. The highest BCUT2D eigenvalue weighted by atomic mass is 19.1. The van der Waals surface area contributed by atoms with Crippen LogP contribution < -0.4 is 10.2 Å². The van der Waals surface area contributed by atoms with Crippen molar-refractivity contribution >= 4 is 5.69 Å². The van der Waals surface area contributed by atoms with Crippen LogP contribution in [-0.4, -0.2) is 18.6 Å². The lowest BCUT2D eigenvalue weighted by molar-refractivity contribution is 0.423. The first-order chi connectivity index (χ1) is 9.30. The fraction of sp³-hybridized carbons (Fsp3) is 0.647. The van der Waals surface area contributed by atoms with Gasteiger partial charge in [0, 0.05) is 25.2 Å². The number of hydrogen-bond acceptors (Lipinski definition) is 2. The summed E-state index contributed by atoms with van der Waals surface area (Å²) in [5.41, 5.74) is 1.78. The molecule has 1 aromatic rings. The summed E-state index contributed by atoms with van der Waals surface area (Å²) in [7, 11) is 2.00. The number of nitrogens with one attached hydrogen (secondary N) is 1. The van der Waals surface area contributed by atoms with Crippen LogP contribution in [0.1, 0.15) is 53.0 Å². The molecule has 1 aromatic carbocycles. The molecule has 0 heterocycles. The molecule has 0 unspecified atom stereocenters. The third kappa shape index (κ3) is 4.48. The van der Waals surface area contributed by atoms with Crippen LogP contribution in [0.15, 0.2) is 18.2 Å². The first kappa shape index (κ1) is 17.0. The van der Waals surface area contributed by atoms with E-state index in [1.54, 1.807) is 12.1 Å². The fourth-order valence-corrected chi connectivity index (χ4v) is 2.48. The van der Waals surface area contributed by atoms with Crippen LogP contribution in [0.25, 0.3) is 0 Å². The van der Waals surface area contributed by atoms with Gasteiger partial charge in [0.15, 0.2) is 0 Å². The van der Waals surface area contributed by atoms with E-state index >= 15 is 0 Å². The van der Waals surface area contributed by atoms with Gasteiger partial charge in [-0.05, 0) is 45.2 Å². The molecule has 1 rings (SSSR count). The maximum absolute atomic E-state index is 14.3. The zero-order chi connectivity index (χ0) is 15.3. The standard InChI is InChI=1S/C17H29FN2/c1-7-14(8-2)20(6)16-13(10-9-11-15(16)18)12-19-17(3,4)5/h9-11,14,19H,7-8,12H2,1-6H3. The highest BCUT2D eigenvalue weighted by molar-refractivity contribution is 5.55. The van der Waals surface area contributed by atoms with E-state index < -0.39 is 0 Å². The lowest BCUT2D eigenvalue weighted by atomic mass is 10.0. The van der Waals surface area contributed by atoms with Crippen LogP contribution >= 0.6 is 0 Å². The summed E-state index contributed by atoms with van der Waals surface area (Å²) in [6.45, 7) is 11.3. The fourth-order valence-electron chi connectivity index (χ4n) is 2.48.